The molecule has 4 atom stereocenters. The minimum atomic E-state index is -0.259. The van der Waals surface area contributed by atoms with Gasteiger partial charge in [0.1, 0.15) is 6.04 Å². The summed E-state index contributed by atoms with van der Waals surface area (Å²) in [6, 6.07) is 18.9. The zero-order chi connectivity index (χ0) is 18.8. The van der Waals surface area contributed by atoms with Gasteiger partial charge in [-0.05, 0) is 48.3 Å². The van der Waals surface area contributed by atoms with Crippen molar-refractivity contribution >= 4 is 5.97 Å². The summed E-state index contributed by atoms with van der Waals surface area (Å²) in [5.74, 6) is 0.320. The number of hydrogen-bond donors (Lipinski definition) is 1. The van der Waals surface area contributed by atoms with Crippen molar-refractivity contribution in [2.24, 2.45) is 5.92 Å². The maximum absolute atomic E-state index is 12.4. The van der Waals surface area contributed by atoms with Gasteiger partial charge in [-0.25, -0.2) is 0 Å². The Balaban J connectivity index is 1.54. The Morgan fingerprint density at radius 3 is 2.44 bits per heavy atom. The zero-order valence-electron chi connectivity index (χ0n) is 15.8. The molecule has 0 spiro atoms. The van der Waals surface area contributed by atoms with Crippen LogP contribution < -0.4 is 0 Å². The number of hydrogen-bond acceptors (Lipinski definition) is 4. The van der Waals surface area contributed by atoms with Crippen molar-refractivity contribution in [1.29, 1.82) is 0 Å². The van der Waals surface area contributed by atoms with E-state index in [0.29, 0.717) is 12.5 Å². The lowest BCUT2D eigenvalue weighted by atomic mass is 9.83. The second kappa shape index (κ2) is 7.83. The Morgan fingerprint density at radius 2 is 1.74 bits per heavy atom. The van der Waals surface area contributed by atoms with Crippen LogP contribution in [-0.2, 0) is 16.1 Å². The van der Waals surface area contributed by atoms with E-state index in [1.54, 1.807) is 0 Å². The molecule has 1 aliphatic carbocycles. The van der Waals surface area contributed by atoms with E-state index in [1.807, 2.05) is 18.2 Å². The first-order valence-electron chi connectivity index (χ1n) is 9.81. The molecule has 2 aliphatic rings. The van der Waals surface area contributed by atoms with E-state index in [4.69, 9.17) is 4.74 Å². The Labute approximate surface area is 160 Å². The van der Waals surface area contributed by atoms with E-state index >= 15 is 0 Å². The molecule has 1 N–H and O–H groups in total. The molecular weight excluding hydrogens is 338 g/mol. The molecule has 2 aromatic rings. The quantitative estimate of drug-likeness (QED) is 0.841. The van der Waals surface area contributed by atoms with Crippen LogP contribution in [0.15, 0.2) is 54.6 Å². The minimum Gasteiger partial charge on any atom is -0.468 e. The van der Waals surface area contributed by atoms with E-state index < -0.39 is 0 Å². The minimum absolute atomic E-state index is 0.153. The molecule has 4 rings (SSSR count). The van der Waals surface area contributed by atoms with Crippen molar-refractivity contribution in [2.75, 3.05) is 7.11 Å². The first-order valence-corrected chi connectivity index (χ1v) is 9.81. The molecule has 4 nitrogen and oxygen atoms in total. The monoisotopic (exact) mass is 365 g/mol. The predicted molar refractivity (Wildman–Crippen MR) is 105 cm³/mol. The lowest BCUT2D eigenvalue weighted by Crippen LogP contribution is -2.44. The largest absolute Gasteiger partial charge is 0.468 e. The van der Waals surface area contributed by atoms with E-state index in [-0.39, 0.29) is 24.2 Å². The Bertz CT molecular complexity index is 774. The number of rotatable bonds is 4. The third kappa shape index (κ3) is 3.78. The number of aliphatic hydroxyl groups is 1. The van der Waals surface area contributed by atoms with Gasteiger partial charge in [-0.1, -0.05) is 54.6 Å². The van der Waals surface area contributed by atoms with Gasteiger partial charge in [-0.15, -0.1) is 0 Å². The Kier molecular flexibility index (Phi) is 5.28. The van der Waals surface area contributed by atoms with E-state index in [1.165, 1.54) is 23.8 Å². The number of nitrogens with zero attached hydrogens (tertiary/aromatic N) is 1. The highest BCUT2D eigenvalue weighted by Crippen LogP contribution is 2.41. The molecule has 1 heterocycles. The van der Waals surface area contributed by atoms with Gasteiger partial charge in [0.15, 0.2) is 0 Å². The van der Waals surface area contributed by atoms with Gasteiger partial charge in [-0.3, -0.25) is 9.69 Å². The topological polar surface area (TPSA) is 49.8 Å². The van der Waals surface area contributed by atoms with Crippen LogP contribution in [0.4, 0.5) is 0 Å². The summed E-state index contributed by atoms with van der Waals surface area (Å²) in [4.78, 5) is 14.6. The summed E-state index contributed by atoms with van der Waals surface area (Å²) < 4.78 is 5.07. The third-order valence-electron chi connectivity index (χ3n) is 6.18. The van der Waals surface area contributed by atoms with Crippen molar-refractivity contribution in [1.82, 2.24) is 4.90 Å². The number of esters is 1. The van der Waals surface area contributed by atoms with Crippen LogP contribution in [0.1, 0.15) is 31.2 Å². The summed E-state index contributed by atoms with van der Waals surface area (Å²) in [6.45, 7) is 0.711. The van der Waals surface area contributed by atoms with Gasteiger partial charge < -0.3 is 9.84 Å². The lowest BCUT2D eigenvalue weighted by Gasteiger charge is -2.35. The van der Waals surface area contributed by atoms with Crippen LogP contribution in [0.5, 0.6) is 0 Å². The second-order valence-electron chi connectivity index (χ2n) is 7.80. The van der Waals surface area contributed by atoms with Crippen molar-refractivity contribution in [3.8, 4) is 11.1 Å². The summed E-state index contributed by atoms with van der Waals surface area (Å²) in [6.07, 6.45) is 3.16. The highest BCUT2D eigenvalue weighted by Gasteiger charge is 2.47. The molecular formula is C23H27NO3. The number of carbonyl (C=O) groups is 1. The van der Waals surface area contributed by atoms with Crippen LogP contribution in [0.2, 0.25) is 0 Å². The predicted octanol–water partition coefficient (Wildman–Crippen LogP) is 3.63. The molecule has 1 saturated carbocycles. The molecule has 0 aromatic heterocycles. The third-order valence-corrected chi connectivity index (χ3v) is 6.18. The number of aliphatic hydroxyl groups excluding tert-OH is 1. The van der Waals surface area contributed by atoms with Gasteiger partial charge in [0.2, 0.25) is 0 Å². The fraction of sp³-hybridized carbons (Fsp3) is 0.435. The summed E-state index contributed by atoms with van der Waals surface area (Å²) in [7, 11) is 1.46. The Morgan fingerprint density at radius 1 is 1.04 bits per heavy atom. The van der Waals surface area contributed by atoms with Crippen LogP contribution in [-0.4, -0.2) is 41.3 Å². The van der Waals surface area contributed by atoms with Crippen LogP contribution in [0.25, 0.3) is 11.1 Å². The smallest absolute Gasteiger partial charge is 0.323 e. The van der Waals surface area contributed by atoms with Crippen LogP contribution >= 0.6 is 0 Å². The van der Waals surface area contributed by atoms with Crippen molar-refractivity contribution in [3.05, 3.63) is 60.2 Å². The normalized spacial score (nSPS) is 27.9. The number of likely N-dealkylation sites (tertiary alicyclic amines) is 1. The van der Waals surface area contributed by atoms with Crippen molar-refractivity contribution in [3.63, 3.8) is 0 Å². The molecule has 1 aliphatic heterocycles. The fourth-order valence-electron chi connectivity index (χ4n) is 4.76. The summed E-state index contributed by atoms with van der Waals surface area (Å²) >= 11 is 0. The second-order valence-corrected chi connectivity index (χ2v) is 7.80. The van der Waals surface area contributed by atoms with Gasteiger partial charge in [-0.2, -0.15) is 0 Å². The Hall–Kier alpha value is -2.17. The first-order chi connectivity index (χ1) is 13.2. The molecule has 1 saturated heterocycles. The highest BCUT2D eigenvalue weighted by atomic mass is 16.5. The van der Waals surface area contributed by atoms with Crippen molar-refractivity contribution < 1.29 is 14.6 Å². The van der Waals surface area contributed by atoms with Gasteiger partial charge in [0.25, 0.3) is 0 Å². The number of carbonyl (C=O) groups excluding carboxylic acids is 1. The first kappa shape index (κ1) is 18.2. The van der Waals surface area contributed by atoms with E-state index in [9.17, 15) is 9.90 Å². The van der Waals surface area contributed by atoms with E-state index in [0.717, 1.165) is 25.7 Å². The molecule has 0 amide bonds. The number of ether oxygens (including phenoxy) is 1. The average Bonchev–Trinajstić information content (AvgIpc) is 3.06. The zero-order valence-corrected chi connectivity index (χ0v) is 15.8. The van der Waals surface area contributed by atoms with Crippen LogP contribution in [0.3, 0.4) is 0 Å². The number of benzene rings is 2. The number of methoxy groups -OCH3 is 1. The highest BCUT2D eigenvalue weighted by molar-refractivity contribution is 5.76. The maximum atomic E-state index is 12.4. The molecule has 142 valence electrons. The molecule has 0 bridgehead atoms. The standard InChI is InChI=1S/C23H27NO3/c1-27-23(26)22-13-19-11-12-20(25)14-21(19)24(22)15-16-7-9-18(10-8-16)17-5-3-2-4-6-17/h2-10,19-22,25H,11-15H2,1H3/t19-,20+,21-,22-/m0/s1. The molecule has 0 unspecified atom stereocenters. The molecule has 2 aromatic carbocycles. The average molecular weight is 365 g/mol. The number of fused-ring (bicyclic) bond motifs is 1. The van der Waals surface area contributed by atoms with Crippen molar-refractivity contribution in [2.45, 2.75) is 50.4 Å². The maximum Gasteiger partial charge on any atom is 0.323 e. The van der Waals surface area contributed by atoms with Gasteiger partial charge in [0, 0.05) is 12.6 Å². The SMILES string of the molecule is COC(=O)[C@@H]1C[C@@H]2CC[C@@H](O)C[C@@H]2N1Cc1ccc(-c2ccccc2)cc1. The van der Waals surface area contributed by atoms with Gasteiger partial charge >= 0.3 is 5.97 Å². The molecule has 4 heteroatoms. The molecule has 0 radical (unpaired) electrons. The fourth-order valence-corrected chi connectivity index (χ4v) is 4.76. The van der Waals surface area contributed by atoms with E-state index in [2.05, 4.69) is 41.3 Å². The summed E-state index contributed by atoms with van der Waals surface area (Å²) in [5.41, 5.74) is 3.58. The van der Waals surface area contributed by atoms with Gasteiger partial charge in [0.05, 0.1) is 13.2 Å². The lowest BCUT2D eigenvalue weighted by molar-refractivity contribution is -0.146. The van der Waals surface area contributed by atoms with Crippen LogP contribution in [0, 0.1) is 5.92 Å². The molecule has 27 heavy (non-hydrogen) atoms. The molecule has 2 fully saturated rings. The summed E-state index contributed by atoms with van der Waals surface area (Å²) in [5, 5.41) is 10.1.